The van der Waals surface area contributed by atoms with Gasteiger partial charge in [0, 0.05) is 25.8 Å². The molecule has 4 rings (SSSR count). The molecular weight excluding hydrogens is 324 g/mol. The Labute approximate surface area is 155 Å². The number of piperidine rings is 1. The van der Waals surface area contributed by atoms with Crippen molar-refractivity contribution in [2.24, 2.45) is 11.8 Å². The molecule has 1 N–H and O–H groups in total. The van der Waals surface area contributed by atoms with E-state index >= 15 is 0 Å². The summed E-state index contributed by atoms with van der Waals surface area (Å²) in [6, 6.07) is 12.5. The van der Waals surface area contributed by atoms with E-state index in [1.54, 1.807) is 12.3 Å². The standard InChI is InChI=1S/C21H28N4O/c26-21(20-6-11-22-23-20)25-15-10-19(16-25)18-8-13-24(14-9-18)12-7-17-4-2-1-3-5-17/h1-6,11,18-19H,7-10,12-16H2,(H,22,23). The van der Waals surface area contributed by atoms with Gasteiger partial charge < -0.3 is 9.80 Å². The number of aromatic amines is 1. The van der Waals surface area contributed by atoms with Gasteiger partial charge in [0.15, 0.2) is 0 Å². The van der Waals surface area contributed by atoms with E-state index in [9.17, 15) is 4.79 Å². The Morgan fingerprint density at radius 3 is 2.54 bits per heavy atom. The molecule has 2 fully saturated rings. The number of carbonyl (C=O) groups is 1. The molecule has 26 heavy (non-hydrogen) atoms. The first-order chi connectivity index (χ1) is 12.8. The van der Waals surface area contributed by atoms with Crippen molar-refractivity contribution in [1.29, 1.82) is 0 Å². The number of nitrogens with one attached hydrogen (secondary N) is 1. The van der Waals surface area contributed by atoms with E-state index < -0.39 is 0 Å². The summed E-state index contributed by atoms with van der Waals surface area (Å²) in [5.74, 6) is 1.53. The molecule has 2 aromatic rings. The third-order valence-electron chi connectivity index (χ3n) is 6.10. The molecular formula is C21H28N4O. The van der Waals surface area contributed by atoms with Gasteiger partial charge in [-0.2, -0.15) is 5.10 Å². The van der Waals surface area contributed by atoms with Crippen LogP contribution in [0.1, 0.15) is 35.3 Å². The first-order valence-corrected chi connectivity index (χ1v) is 9.84. The molecule has 1 atom stereocenters. The highest BCUT2D eigenvalue weighted by molar-refractivity contribution is 5.92. The van der Waals surface area contributed by atoms with E-state index in [-0.39, 0.29) is 5.91 Å². The summed E-state index contributed by atoms with van der Waals surface area (Å²) in [6.07, 6.45) is 6.47. The summed E-state index contributed by atoms with van der Waals surface area (Å²) < 4.78 is 0. The Kier molecular flexibility index (Phi) is 5.34. The lowest BCUT2D eigenvalue weighted by atomic mass is 9.83. The number of nitrogens with zero attached hydrogens (tertiary/aromatic N) is 3. The first-order valence-electron chi connectivity index (χ1n) is 9.84. The van der Waals surface area contributed by atoms with Crippen LogP contribution >= 0.6 is 0 Å². The minimum Gasteiger partial charge on any atom is -0.337 e. The van der Waals surface area contributed by atoms with Crippen molar-refractivity contribution in [1.82, 2.24) is 20.0 Å². The molecule has 5 heteroatoms. The zero-order chi connectivity index (χ0) is 17.8. The fraction of sp³-hybridized carbons (Fsp3) is 0.524. The minimum atomic E-state index is 0.102. The lowest BCUT2D eigenvalue weighted by molar-refractivity contribution is 0.0768. The number of hydrogen-bond acceptors (Lipinski definition) is 3. The van der Waals surface area contributed by atoms with Gasteiger partial charge in [-0.25, -0.2) is 0 Å². The summed E-state index contributed by atoms with van der Waals surface area (Å²) in [4.78, 5) is 17.1. The monoisotopic (exact) mass is 352 g/mol. The summed E-state index contributed by atoms with van der Waals surface area (Å²) >= 11 is 0. The van der Waals surface area contributed by atoms with Gasteiger partial charge >= 0.3 is 0 Å². The SMILES string of the molecule is O=C(c1ccn[nH]1)N1CCC(C2CCN(CCc3ccccc3)CC2)C1. The van der Waals surface area contributed by atoms with Crippen LogP contribution in [0.15, 0.2) is 42.6 Å². The number of H-pyrrole nitrogens is 1. The van der Waals surface area contributed by atoms with Gasteiger partial charge in [0.2, 0.25) is 0 Å². The third kappa shape index (κ3) is 3.98. The van der Waals surface area contributed by atoms with E-state index in [1.165, 1.54) is 31.5 Å². The fourth-order valence-corrected chi connectivity index (χ4v) is 4.48. The largest absolute Gasteiger partial charge is 0.337 e. The first kappa shape index (κ1) is 17.3. The van der Waals surface area contributed by atoms with E-state index in [1.807, 2.05) is 4.90 Å². The highest BCUT2D eigenvalue weighted by Gasteiger charge is 2.34. The lowest BCUT2D eigenvalue weighted by Gasteiger charge is -2.34. The van der Waals surface area contributed by atoms with E-state index in [2.05, 4.69) is 45.4 Å². The second kappa shape index (κ2) is 8.04. The molecule has 2 aliphatic rings. The number of likely N-dealkylation sites (tertiary alicyclic amines) is 2. The molecule has 138 valence electrons. The minimum absolute atomic E-state index is 0.102. The van der Waals surface area contributed by atoms with Crippen LogP contribution in [0.4, 0.5) is 0 Å². The van der Waals surface area contributed by atoms with Gasteiger partial charge in [-0.05, 0) is 62.2 Å². The van der Waals surface area contributed by atoms with Gasteiger partial charge in [0.1, 0.15) is 5.69 Å². The second-order valence-corrected chi connectivity index (χ2v) is 7.68. The van der Waals surface area contributed by atoms with Crippen molar-refractivity contribution in [3.63, 3.8) is 0 Å². The second-order valence-electron chi connectivity index (χ2n) is 7.68. The molecule has 1 aromatic heterocycles. The van der Waals surface area contributed by atoms with Crippen LogP contribution in [0.25, 0.3) is 0 Å². The van der Waals surface area contributed by atoms with Gasteiger partial charge in [0.25, 0.3) is 5.91 Å². The van der Waals surface area contributed by atoms with E-state index in [0.717, 1.165) is 38.4 Å². The molecule has 5 nitrogen and oxygen atoms in total. The maximum Gasteiger partial charge on any atom is 0.271 e. The zero-order valence-electron chi connectivity index (χ0n) is 15.3. The summed E-state index contributed by atoms with van der Waals surface area (Å²) in [5, 5.41) is 6.69. The Balaban J connectivity index is 1.22. The van der Waals surface area contributed by atoms with Crippen LogP contribution in [0.3, 0.4) is 0 Å². The Morgan fingerprint density at radius 2 is 1.81 bits per heavy atom. The van der Waals surface area contributed by atoms with Crippen molar-refractivity contribution in [2.75, 3.05) is 32.7 Å². The van der Waals surface area contributed by atoms with Crippen molar-refractivity contribution in [3.05, 3.63) is 53.9 Å². The third-order valence-corrected chi connectivity index (χ3v) is 6.10. The van der Waals surface area contributed by atoms with Gasteiger partial charge in [-0.15, -0.1) is 0 Å². The van der Waals surface area contributed by atoms with Crippen molar-refractivity contribution < 1.29 is 4.79 Å². The Bertz CT molecular complexity index is 692. The van der Waals surface area contributed by atoms with E-state index in [4.69, 9.17) is 0 Å². The summed E-state index contributed by atoms with van der Waals surface area (Å²) in [7, 11) is 0. The Hall–Kier alpha value is -2.14. The highest BCUT2D eigenvalue weighted by atomic mass is 16.2. The number of benzene rings is 1. The highest BCUT2D eigenvalue weighted by Crippen LogP contribution is 2.32. The topological polar surface area (TPSA) is 52.2 Å². The van der Waals surface area contributed by atoms with E-state index in [0.29, 0.717) is 11.6 Å². The predicted octanol–water partition coefficient (Wildman–Crippen LogP) is 2.83. The number of aromatic nitrogens is 2. The molecule has 1 aromatic carbocycles. The molecule has 0 bridgehead atoms. The predicted molar refractivity (Wildman–Crippen MR) is 102 cm³/mol. The molecule has 0 radical (unpaired) electrons. The Morgan fingerprint density at radius 1 is 1.04 bits per heavy atom. The molecule has 3 heterocycles. The molecule has 0 aliphatic carbocycles. The van der Waals surface area contributed by atoms with Crippen molar-refractivity contribution in [2.45, 2.75) is 25.7 Å². The molecule has 1 amide bonds. The van der Waals surface area contributed by atoms with Crippen molar-refractivity contribution in [3.8, 4) is 0 Å². The van der Waals surface area contributed by atoms with Gasteiger partial charge in [-0.1, -0.05) is 30.3 Å². The van der Waals surface area contributed by atoms with Crippen molar-refractivity contribution >= 4 is 5.91 Å². The lowest BCUT2D eigenvalue weighted by Crippen LogP contribution is -2.38. The molecule has 0 spiro atoms. The number of amides is 1. The molecule has 2 aliphatic heterocycles. The number of rotatable bonds is 5. The molecule has 2 saturated heterocycles. The van der Waals surface area contributed by atoms with Crippen LogP contribution in [-0.4, -0.2) is 58.6 Å². The zero-order valence-corrected chi connectivity index (χ0v) is 15.3. The fourth-order valence-electron chi connectivity index (χ4n) is 4.48. The van der Waals surface area contributed by atoms with Crippen LogP contribution in [0.2, 0.25) is 0 Å². The maximum atomic E-state index is 12.5. The molecule has 1 unspecified atom stereocenters. The quantitative estimate of drug-likeness (QED) is 0.900. The number of hydrogen-bond donors (Lipinski definition) is 1. The van der Waals surface area contributed by atoms with Crippen LogP contribution in [0, 0.1) is 11.8 Å². The van der Waals surface area contributed by atoms with Crippen LogP contribution in [0.5, 0.6) is 0 Å². The van der Waals surface area contributed by atoms with Crippen LogP contribution < -0.4 is 0 Å². The van der Waals surface area contributed by atoms with Gasteiger partial charge in [0.05, 0.1) is 0 Å². The number of carbonyl (C=O) groups excluding carboxylic acids is 1. The normalized spacial score (nSPS) is 22.0. The molecule has 0 saturated carbocycles. The van der Waals surface area contributed by atoms with Gasteiger partial charge in [-0.3, -0.25) is 9.89 Å². The summed E-state index contributed by atoms with van der Waals surface area (Å²) in [6.45, 7) is 5.35. The smallest absolute Gasteiger partial charge is 0.271 e. The van der Waals surface area contributed by atoms with Crippen LogP contribution in [-0.2, 0) is 6.42 Å². The summed E-state index contributed by atoms with van der Waals surface area (Å²) in [5.41, 5.74) is 2.04. The average Bonchev–Trinajstić information content (AvgIpc) is 3.39. The maximum absolute atomic E-state index is 12.5. The average molecular weight is 352 g/mol.